The van der Waals surface area contributed by atoms with Gasteiger partial charge >= 0.3 is 0 Å². The third-order valence-electron chi connectivity index (χ3n) is 7.38. The van der Waals surface area contributed by atoms with Crippen LogP contribution < -0.4 is 24.2 Å². The van der Waals surface area contributed by atoms with E-state index >= 15 is 0 Å². The number of nitrogens with zero attached hydrogens (tertiary/aromatic N) is 3. The Morgan fingerprint density at radius 1 is 0.913 bits per heavy atom. The van der Waals surface area contributed by atoms with E-state index in [0.717, 1.165) is 37.8 Å². The lowest BCUT2D eigenvalue weighted by Gasteiger charge is -2.27. The number of allylic oxidation sites excluding steroid dienone is 3. The summed E-state index contributed by atoms with van der Waals surface area (Å²) in [7, 11) is -8.13. The van der Waals surface area contributed by atoms with Crippen molar-refractivity contribution in [1.82, 2.24) is 4.57 Å². The molecule has 14 heteroatoms. The second-order valence-electron chi connectivity index (χ2n) is 10.6. The van der Waals surface area contributed by atoms with Crippen LogP contribution in [-0.4, -0.2) is 48.6 Å². The van der Waals surface area contributed by atoms with Crippen molar-refractivity contribution < 1.29 is 30.5 Å². The molecule has 0 saturated carbocycles. The van der Waals surface area contributed by atoms with Gasteiger partial charge in [0.05, 0.1) is 27.5 Å². The molecule has 0 fully saturated rings. The molecule has 0 radical (unpaired) electrons. The van der Waals surface area contributed by atoms with E-state index in [1.165, 1.54) is 22.7 Å². The second kappa shape index (κ2) is 14.4. The van der Waals surface area contributed by atoms with Crippen molar-refractivity contribution in [3.05, 3.63) is 108 Å². The van der Waals surface area contributed by atoms with E-state index in [4.69, 9.17) is 4.55 Å². The van der Waals surface area contributed by atoms with E-state index in [-0.39, 0.29) is 29.9 Å². The zero-order valence-corrected chi connectivity index (χ0v) is 28.3. The SMILES string of the molecule is CCn1c(=O)/c(=C\C=C2/C=CN(CCCS(=O)(=O)O)c3ccccc32)s/c1=C\c1scc(-c2ccccc2)[n+]1CCCS(=O)(=O)O. The molecule has 0 aliphatic carbocycles. The molecule has 1 aliphatic rings. The first-order valence-electron chi connectivity index (χ1n) is 14.6. The predicted octanol–water partition coefficient (Wildman–Crippen LogP) is 3.53. The van der Waals surface area contributed by atoms with Crippen molar-refractivity contribution in [2.24, 2.45) is 0 Å². The Morgan fingerprint density at radius 3 is 2.33 bits per heavy atom. The van der Waals surface area contributed by atoms with Crippen LogP contribution in [0.4, 0.5) is 5.69 Å². The molecule has 4 aromatic rings. The van der Waals surface area contributed by atoms with Crippen molar-refractivity contribution >= 4 is 66.3 Å². The standard InChI is InChI=1S/C32H33N3O7S4/c1-2-34-31(22-30-35(18-9-21-46(40,41)42)28(23-43-30)25-10-4-3-5-11-25)44-29(32(34)36)15-14-24-16-19-33(17-8-20-45(37,38)39)27-13-7-6-12-26(24)27/h3-7,10-16,19,22-23H,2,8-9,17-18,20-21H2,1H3,(H-,37,38,39,40,41,42)/p+1/b24-14+,29-15+. The van der Waals surface area contributed by atoms with E-state index in [9.17, 15) is 26.2 Å². The topological polar surface area (TPSA) is 138 Å². The monoisotopic (exact) mass is 700 g/mol. The molecule has 242 valence electrons. The van der Waals surface area contributed by atoms with Crippen LogP contribution in [0.3, 0.4) is 0 Å². The number of aromatic nitrogens is 2. The summed E-state index contributed by atoms with van der Waals surface area (Å²) in [5.41, 5.74) is 4.50. The van der Waals surface area contributed by atoms with Crippen LogP contribution >= 0.6 is 22.7 Å². The molecule has 0 atom stereocenters. The first kappa shape index (κ1) is 33.7. The van der Waals surface area contributed by atoms with E-state index < -0.39 is 20.2 Å². The van der Waals surface area contributed by atoms with Gasteiger partial charge in [-0.15, -0.1) is 11.3 Å². The summed E-state index contributed by atoms with van der Waals surface area (Å²) in [5.74, 6) is -0.670. The number of thiazole rings is 2. The maximum absolute atomic E-state index is 13.5. The Kier molecular flexibility index (Phi) is 10.6. The minimum Gasteiger partial charge on any atom is -0.347 e. The molecule has 10 nitrogen and oxygen atoms in total. The molecule has 46 heavy (non-hydrogen) atoms. The fraction of sp³-hybridized carbons (Fsp3) is 0.250. The van der Waals surface area contributed by atoms with Gasteiger partial charge in [0, 0.05) is 42.5 Å². The number of hydrogen-bond acceptors (Lipinski definition) is 8. The zero-order chi connectivity index (χ0) is 32.9. The first-order valence-corrected chi connectivity index (χ1v) is 19.5. The average Bonchev–Trinajstić information content (AvgIpc) is 3.55. The molecule has 0 spiro atoms. The normalized spacial score (nSPS) is 15.2. The number of fused-ring (bicyclic) bond motifs is 1. The van der Waals surface area contributed by atoms with Crippen LogP contribution in [0.2, 0.25) is 0 Å². The number of anilines is 1. The molecule has 2 aromatic carbocycles. The molecule has 0 amide bonds. The Hall–Kier alpha value is -3.66. The summed E-state index contributed by atoms with van der Waals surface area (Å²) >= 11 is 2.87. The van der Waals surface area contributed by atoms with E-state index in [2.05, 4.69) is 0 Å². The Balaban J connectivity index is 1.51. The Labute approximate surface area is 275 Å². The Bertz CT molecular complexity index is 2180. The molecule has 5 rings (SSSR count). The quantitative estimate of drug-likeness (QED) is 0.169. The molecule has 1 aliphatic heterocycles. The highest BCUT2D eigenvalue weighted by Gasteiger charge is 2.22. The molecule has 0 saturated heterocycles. The van der Waals surface area contributed by atoms with Gasteiger partial charge in [-0.3, -0.25) is 18.5 Å². The van der Waals surface area contributed by atoms with Gasteiger partial charge in [0.25, 0.3) is 30.8 Å². The number of para-hydroxylation sites is 1. The Morgan fingerprint density at radius 2 is 1.61 bits per heavy atom. The zero-order valence-electron chi connectivity index (χ0n) is 25.0. The highest BCUT2D eigenvalue weighted by Crippen LogP contribution is 2.32. The molecule has 2 N–H and O–H groups in total. The average molecular weight is 701 g/mol. The minimum absolute atomic E-state index is 0.117. The minimum atomic E-state index is -4.10. The van der Waals surface area contributed by atoms with E-state index in [0.29, 0.717) is 24.2 Å². The lowest BCUT2D eigenvalue weighted by molar-refractivity contribution is -0.683. The van der Waals surface area contributed by atoms with E-state index in [1.54, 1.807) is 4.57 Å². The highest BCUT2D eigenvalue weighted by atomic mass is 32.2. The summed E-state index contributed by atoms with van der Waals surface area (Å²) < 4.78 is 68.6. The van der Waals surface area contributed by atoms with Crippen LogP contribution in [0.15, 0.2) is 83.1 Å². The second-order valence-corrected chi connectivity index (χ2v) is 15.7. The van der Waals surface area contributed by atoms with Gasteiger partial charge in [-0.05, 0) is 49.3 Å². The third-order valence-corrected chi connectivity index (χ3v) is 11.0. The van der Waals surface area contributed by atoms with Crippen molar-refractivity contribution in [1.29, 1.82) is 0 Å². The summed E-state index contributed by atoms with van der Waals surface area (Å²) in [4.78, 5) is 15.4. The van der Waals surface area contributed by atoms with Gasteiger partial charge in [-0.25, -0.2) is 0 Å². The summed E-state index contributed by atoms with van der Waals surface area (Å²) in [6.07, 6.45) is 9.94. The van der Waals surface area contributed by atoms with Gasteiger partial charge in [0.2, 0.25) is 5.69 Å². The molecule has 0 unspecified atom stereocenters. The fourth-order valence-electron chi connectivity index (χ4n) is 5.24. The van der Waals surface area contributed by atoms with Crippen LogP contribution in [0.25, 0.3) is 29.0 Å². The maximum atomic E-state index is 13.5. The van der Waals surface area contributed by atoms with Gasteiger partial charge in [-0.1, -0.05) is 53.8 Å². The number of rotatable bonds is 12. The van der Waals surface area contributed by atoms with Gasteiger partial charge < -0.3 is 4.90 Å². The van der Waals surface area contributed by atoms with Crippen LogP contribution in [0.5, 0.6) is 0 Å². The van der Waals surface area contributed by atoms with Crippen molar-refractivity contribution in [3.63, 3.8) is 0 Å². The smallest absolute Gasteiger partial charge is 0.269 e. The maximum Gasteiger partial charge on any atom is 0.269 e. The largest absolute Gasteiger partial charge is 0.347 e. The van der Waals surface area contributed by atoms with Gasteiger partial charge in [0.1, 0.15) is 4.66 Å². The van der Waals surface area contributed by atoms with Gasteiger partial charge in [0.15, 0.2) is 6.54 Å². The van der Waals surface area contributed by atoms with Gasteiger partial charge in [-0.2, -0.15) is 21.4 Å². The molecule has 0 bridgehead atoms. The van der Waals surface area contributed by atoms with E-state index in [1.807, 2.05) is 107 Å². The summed E-state index contributed by atoms with van der Waals surface area (Å²) in [5, 5.41) is 2.85. The lowest BCUT2D eigenvalue weighted by atomic mass is 9.99. The van der Waals surface area contributed by atoms with Crippen molar-refractivity contribution in [2.45, 2.75) is 32.9 Å². The van der Waals surface area contributed by atoms with Crippen LogP contribution in [0, 0.1) is 0 Å². The summed E-state index contributed by atoms with van der Waals surface area (Å²) in [6.45, 7) is 3.16. The fourth-order valence-corrected chi connectivity index (χ4v) is 8.34. The summed E-state index contributed by atoms with van der Waals surface area (Å²) in [6, 6.07) is 17.5. The number of hydrogen-bond donors (Lipinski definition) is 2. The lowest BCUT2D eigenvalue weighted by Crippen LogP contribution is -2.38. The van der Waals surface area contributed by atoms with Crippen LogP contribution in [-0.2, 0) is 33.3 Å². The third kappa shape index (κ3) is 8.37. The predicted molar refractivity (Wildman–Crippen MR) is 184 cm³/mol. The van der Waals surface area contributed by atoms with Crippen molar-refractivity contribution in [3.8, 4) is 11.3 Å². The highest BCUT2D eigenvalue weighted by molar-refractivity contribution is 7.86. The molecule has 2 aromatic heterocycles. The van der Waals surface area contributed by atoms with Crippen LogP contribution in [0.1, 0.15) is 30.3 Å². The number of benzene rings is 2. The first-order chi connectivity index (χ1) is 21.9. The molecular weight excluding hydrogens is 667 g/mol. The molecular formula is C32H34N3O7S4+. The van der Waals surface area contributed by atoms with Crippen molar-refractivity contribution in [2.75, 3.05) is 23.0 Å². The molecule has 3 heterocycles.